The predicted molar refractivity (Wildman–Crippen MR) is 80.4 cm³/mol. The summed E-state index contributed by atoms with van der Waals surface area (Å²) in [5, 5.41) is 0. The highest BCUT2D eigenvalue weighted by Crippen LogP contribution is 2.37. The van der Waals surface area contributed by atoms with Crippen molar-refractivity contribution < 1.29 is 19.0 Å². The average molecular weight is 286 g/mol. The van der Waals surface area contributed by atoms with Crippen LogP contribution in [0.5, 0.6) is 17.2 Å². The van der Waals surface area contributed by atoms with Crippen LogP contribution in [0.15, 0.2) is 36.4 Å². The lowest BCUT2D eigenvalue weighted by Gasteiger charge is -2.13. The van der Waals surface area contributed by atoms with Gasteiger partial charge in [0.2, 0.25) is 5.75 Å². The van der Waals surface area contributed by atoms with Gasteiger partial charge in [0.05, 0.1) is 19.8 Å². The van der Waals surface area contributed by atoms with E-state index in [0.29, 0.717) is 17.1 Å². The molecule has 0 unspecified atom stereocenters. The lowest BCUT2D eigenvalue weighted by atomic mass is 10.1. The van der Waals surface area contributed by atoms with Gasteiger partial charge in [-0.2, -0.15) is 0 Å². The summed E-state index contributed by atoms with van der Waals surface area (Å²) in [6, 6.07) is 10.6. The molecule has 2 aromatic rings. The first-order chi connectivity index (χ1) is 10.1. The Bertz CT molecular complexity index is 640. The summed E-state index contributed by atoms with van der Waals surface area (Å²) in [6.07, 6.45) is 0. The Morgan fingerprint density at radius 2 is 1.52 bits per heavy atom. The predicted octanol–water partition coefficient (Wildman–Crippen LogP) is 3.54. The molecule has 4 nitrogen and oxygen atoms in total. The van der Waals surface area contributed by atoms with Crippen LogP contribution in [-0.2, 0) is 0 Å². The van der Waals surface area contributed by atoms with E-state index in [1.807, 2.05) is 19.9 Å². The molecule has 0 saturated carbocycles. The summed E-state index contributed by atoms with van der Waals surface area (Å²) in [7, 11) is 3.03. The van der Waals surface area contributed by atoms with Crippen molar-refractivity contribution in [3.05, 3.63) is 53.1 Å². The Morgan fingerprint density at radius 3 is 2.05 bits per heavy atom. The van der Waals surface area contributed by atoms with E-state index in [1.165, 1.54) is 14.2 Å². The quantitative estimate of drug-likeness (QED) is 0.637. The zero-order valence-electron chi connectivity index (χ0n) is 12.6. The van der Waals surface area contributed by atoms with Gasteiger partial charge in [0.25, 0.3) is 0 Å². The molecule has 0 radical (unpaired) electrons. The van der Waals surface area contributed by atoms with Crippen molar-refractivity contribution in [3.63, 3.8) is 0 Å². The zero-order chi connectivity index (χ0) is 15.4. The molecule has 2 aromatic carbocycles. The molecule has 0 aliphatic rings. The smallest absolute Gasteiger partial charge is 0.343 e. The Labute approximate surface area is 124 Å². The lowest BCUT2D eigenvalue weighted by molar-refractivity contribution is 0.0724. The molecule has 0 aliphatic carbocycles. The van der Waals surface area contributed by atoms with Gasteiger partial charge in [-0.05, 0) is 49.2 Å². The van der Waals surface area contributed by atoms with E-state index >= 15 is 0 Å². The number of esters is 1. The van der Waals surface area contributed by atoms with Crippen molar-refractivity contribution in [1.82, 2.24) is 0 Å². The Kier molecular flexibility index (Phi) is 4.48. The van der Waals surface area contributed by atoms with Gasteiger partial charge in [0.15, 0.2) is 11.5 Å². The first-order valence-corrected chi connectivity index (χ1v) is 6.57. The Balaban J connectivity index is 2.33. The molecule has 0 saturated heterocycles. The van der Waals surface area contributed by atoms with E-state index in [-0.39, 0.29) is 5.75 Å². The van der Waals surface area contributed by atoms with Crippen molar-refractivity contribution in [2.45, 2.75) is 13.8 Å². The second-order valence-electron chi connectivity index (χ2n) is 4.68. The molecule has 2 rings (SSSR count). The Morgan fingerprint density at radius 1 is 0.905 bits per heavy atom. The van der Waals surface area contributed by atoms with Crippen LogP contribution in [0.25, 0.3) is 0 Å². The van der Waals surface area contributed by atoms with E-state index in [0.717, 1.165) is 11.1 Å². The molecular formula is C17H18O4. The zero-order valence-corrected chi connectivity index (χ0v) is 12.6. The molecule has 0 bridgehead atoms. The minimum Gasteiger partial charge on any atom is -0.493 e. The molecule has 0 spiro atoms. The summed E-state index contributed by atoms with van der Waals surface area (Å²) < 4.78 is 15.9. The van der Waals surface area contributed by atoms with Crippen LogP contribution >= 0.6 is 0 Å². The third kappa shape index (κ3) is 3.16. The van der Waals surface area contributed by atoms with Gasteiger partial charge >= 0.3 is 5.97 Å². The summed E-state index contributed by atoms with van der Waals surface area (Å²) in [4.78, 5) is 12.3. The van der Waals surface area contributed by atoms with Gasteiger partial charge in [0.1, 0.15) is 0 Å². The maximum Gasteiger partial charge on any atom is 0.343 e. The molecule has 0 atom stereocenters. The summed E-state index contributed by atoms with van der Waals surface area (Å²) in [5.41, 5.74) is 2.66. The van der Waals surface area contributed by atoms with Crippen molar-refractivity contribution in [1.29, 1.82) is 0 Å². The largest absolute Gasteiger partial charge is 0.493 e. The fourth-order valence-corrected chi connectivity index (χ4v) is 1.94. The Hall–Kier alpha value is -2.49. The number of hydrogen-bond donors (Lipinski definition) is 0. The summed E-state index contributed by atoms with van der Waals surface area (Å²) in [6.45, 7) is 3.95. The molecule has 0 N–H and O–H groups in total. The van der Waals surface area contributed by atoms with Gasteiger partial charge in [-0.25, -0.2) is 4.79 Å². The van der Waals surface area contributed by atoms with E-state index in [1.54, 1.807) is 30.3 Å². The number of ether oxygens (including phenoxy) is 3. The molecule has 21 heavy (non-hydrogen) atoms. The highest BCUT2D eigenvalue weighted by atomic mass is 16.6. The standard InChI is InChI=1S/C17H18O4/c1-11-8-9-13(10-12(11)2)17(18)21-16-14(19-3)6-5-7-15(16)20-4/h5-10H,1-4H3. The van der Waals surface area contributed by atoms with E-state index in [4.69, 9.17) is 14.2 Å². The molecule has 4 heteroatoms. The minimum atomic E-state index is -0.444. The molecule has 0 aromatic heterocycles. The number of carbonyl (C=O) groups excluding carboxylic acids is 1. The second kappa shape index (κ2) is 6.31. The van der Waals surface area contributed by atoms with Crippen LogP contribution in [0.1, 0.15) is 21.5 Å². The van der Waals surface area contributed by atoms with Crippen molar-refractivity contribution >= 4 is 5.97 Å². The highest BCUT2D eigenvalue weighted by molar-refractivity contribution is 5.92. The summed E-state index contributed by atoms with van der Waals surface area (Å²) in [5.74, 6) is 0.740. The fraction of sp³-hybridized carbons (Fsp3) is 0.235. The number of carbonyl (C=O) groups is 1. The minimum absolute atomic E-state index is 0.283. The van der Waals surface area contributed by atoms with Crippen LogP contribution in [0.4, 0.5) is 0 Å². The van der Waals surface area contributed by atoms with Crippen molar-refractivity contribution in [3.8, 4) is 17.2 Å². The van der Waals surface area contributed by atoms with Crippen LogP contribution in [0, 0.1) is 13.8 Å². The molecule has 0 amide bonds. The van der Waals surface area contributed by atoms with Crippen LogP contribution in [0.2, 0.25) is 0 Å². The van der Waals surface area contributed by atoms with Crippen LogP contribution in [-0.4, -0.2) is 20.2 Å². The number of aryl methyl sites for hydroxylation is 2. The van der Waals surface area contributed by atoms with Gasteiger partial charge in [-0.1, -0.05) is 12.1 Å². The van der Waals surface area contributed by atoms with Crippen molar-refractivity contribution in [2.24, 2.45) is 0 Å². The first-order valence-electron chi connectivity index (χ1n) is 6.57. The van der Waals surface area contributed by atoms with Gasteiger partial charge in [-0.3, -0.25) is 0 Å². The number of methoxy groups -OCH3 is 2. The molecular weight excluding hydrogens is 268 g/mol. The topological polar surface area (TPSA) is 44.8 Å². The monoisotopic (exact) mass is 286 g/mol. The molecule has 0 heterocycles. The summed E-state index contributed by atoms with van der Waals surface area (Å²) >= 11 is 0. The highest BCUT2D eigenvalue weighted by Gasteiger charge is 2.17. The van der Waals surface area contributed by atoms with E-state index in [2.05, 4.69) is 0 Å². The molecule has 0 aliphatic heterocycles. The van der Waals surface area contributed by atoms with Gasteiger partial charge in [-0.15, -0.1) is 0 Å². The van der Waals surface area contributed by atoms with Crippen molar-refractivity contribution in [2.75, 3.05) is 14.2 Å². The maximum absolute atomic E-state index is 12.3. The second-order valence-corrected chi connectivity index (χ2v) is 4.68. The number of hydrogen-bond acceptors (Lipinski definition) is 4. The molecule has 0 fully saturated rings. The van der Waals surface area contributed by atoms with E-state index in [9.17, 15) is 4.79 Å². The SMILES string of the molecule is COc1cccc(OC)c1OC(=O)c1ccc(C)c(C)c1. The third-order valence-electron chi connectivity index (χ3n) is 3.32. The fourth-order valence-electron chi connectivity index (χ4n) is 1.94. The van der Waals surface area contributed by atoms with Gasteiger partial charge in [0, 0.05) is 0 Å². The normalized spacial score (nSPS) is 10.1. The van der Waals surface area contributed by atoms with Crippen LogP contribution < -0.4 is 14.2 Å². The lowest BCUT2D eigenvalue weighted by Crippen LogP contribution is -2.10. The number of rotatable bonds is 4. The third-order valence-corrected chi connectivity index (χ3v) is 3.32. The average Bonchev–Trinajstić information content (AvgIpc) is 2.50. The molecule has 110 valence electrons. The number of para-hydroxylation sites is 1. The van der Waals surface area contributed by atoms with E-state index < -0.39 is 5.97 Å². The van der Waals surface area contributed by atoms with Crippen LogP contribution in [0.3, 0.4) is 0 Å². The number of benzene rings is 2. The first kappa shape index (κ1) is 14.9. The van der Waals surface area contributed by atoms with Gasteiger partial charge < -0.3 is 14.2 Å². The maximum atomic E-state index is 12.3.